The van der Waals surface area contributed by atoms with E-state index in [-0.39, 0.29) is 5.91 Å². The van der Waals surface area contributed by atoms with E-state index in [9.17, 15) is 4.79 Å². The van der Waals surface area contributed by atoms with Gasteiger partial charge in [0.25, 0.3) is 5.91 Å². The first-order valence-electron chi connectivity index (χ1n) is 8.17. The molecule has 0 heterocycles. The van der Waals surface area contributed by atoms with Crippen molar-refractivity contribution in [2.24, 2.45) is 0 Å². The monoisotopic (exact) mass is 326 g/mol. The molecular weight excluding hydrogens is 300 g/mol. The maximum atomic E-state index is 12.2. The molecule has 4 heteroatoms. The van der Waals surface area contributed by atoms with E-state index in [4.69, 9.17) is 4.74 Å². The number of amides is 1. The van der Waals surface area contributed by atoms with Crippen molar-refractivity contribution in [1.29, 1.82) is 0 Å². The Bertz CT molecular complexity index is 666. The molecule has 0 bridgehead atoms. The van der Waals surface area contributed by atoms with Crippen LogP contribution < -0.4 is 10.1 Å². The molecule has 2 aromatic carbocycles. The summed E-state index contributed by atoms with van der Waals surface area (Å²) in [5.41, 5.74) is 3.44. The summed E-state index contributed by atoms with van der Waals surface area (Å²) < 4.78 is 5.69. The molecule has 0 aliphatic rings. The molecule has 0 saturated heterocycles. The molecule has 0 spiro atoms. The fourth-order valence-corrected chi connectivity index (χ4v) is 2.41. The number of aryl methyl sites for hydroxylation is 1. The van der Waals surface area contributed by atoms with Gasteiger partial charge in [-0.15, -0.1) is 0 Å². The number of ether oxygens (including phenoxy) is 1. The molecule has 1 amide bonds. The maximum Gasteiger partial charge on any atom is 0.261 e. The predicted molar refractivity (Wildman–Crippen MR) is 96.9 cm³/mol. The zero-order valence-electron chi connectivity index (χ0n) is 14.9. The SMILES string of the molecule is Cc1cccc(O[C@H](C)C(=O)NCc2ccc(CN(C)C)cc2)c1. The smallest absolute Gasteiger partial charge is 0.261 e. The summed E-state index contributed by atoms with van der Waals surface area (Å²) in [4.78, 5) is 14.3. The van der Waals surface area contributed by atoms with Crippen molar-refractivity contribution in [2.75, 3.05) is 14.1 Å². The van der Waals surface area contributed by atoms with Gasteiger partial charge in [0.1, 0.15) is 5.75 Å². The van der Waals surface area contributed by atoms with Gasteiger partial charge in [0.2, 0.25) is 0 Å². The average molecular weight is 326 g/mol. The molecule has 0 unspecified atom stereocenters. The summed E-state index contributed by atoms with van der Waals surface area (Å²) in [6.45, 7) is 5.17. The zero-order chi connectivity index (χ0) is 17.5. The lowest BCUT2D eigenvalue weighted by Gasteiger charge is -2.15. The Morgan fingerprint density at radius 3 is 2.42 bits per heavy atom. The molecule has 0 radical (unpaired) electrons. The summed E-state index contributed by atoms with van der Waals surface area (Å²) in [6, 6.07) is 16.0. The van der Waals surface area contributed by atoms with Gasteiger partial charge in [-0.25, -0.2) is 0 Å². The summed E-state index contributed by atoms with van der Waals surface area (Å²) in [7, 11) is 4.09. The van der Waals surface area contributed by atoms with E-state index in [0.717, 1.165) is 17.7 Å². The highest BCUT2D eigenvalue weighted by Crippen LogP contribution is 2.14. The second-order valence-corrected chi connectivity index (χ2v) is 6.35. The van der Waals surface area contributed by atoms with Gasteiger partial charge in [0.15, 0.2) is 6.10 Å². The first kappa shape index (κ1) is 18.0. The Hall–Kier alpha value is -2.33. The van der Waals surface area contributed by atoms with Crippen molar-refractivity contribution < 1.29 is 9.53 Å². The van der Waals surface area contributed by atoms with Crippen LogP contribution in [0.3, 0.4) is 0 Å². The lowest BCUT2D eigenvalue weighted by atomic mass is 10.1. The average Bonchev–Trinajstić information content (AvgIpc) is 2.53. The highest BCUT2D eigenvalue weighted by Gasteiger charge is 2.14. The Balaban J connectivity index is 1.83. The van der Waals surface area contributed by atoms with Gasteiger partial charge in [-0.2, -0.15) is 0 Å². The van der Waals surface area contributed by atoms with Gasteiger partial charge in [0.05, 0.1) is 0 Å². The van der Waals surface area contributed by atoms with Crippen LogP contribution in [-0.2, 0) is 17.9 Å². The van der Waals surface area contributed by atoms with E-state index < -0.39 is 6.10 Å². The number of nitrogens with zero attached hydrogens (tertiary/aromatic N) is 1. The first-order chi connectivity index (χ1) is 11.4. The Labute approximate surface area is 144 Å². The van der Waals surface area contributed by atoms with Crippen LogP contribution in [0, 0.1) is 6.92 Å². The van der Waals surface area contributed by atoms with Crippen LogP contribution >= 0.6 is 0 Å². The van der Waals surface area contributed by atoms with Crippen LogP contribution in [0.2, 0.25) is 0 Å². The minimum Gasteiger partial charge on any atom is -0.481 e. The molecule has 1 N–H and O–H groups in total. The molecule has 1 atom stereocenters. The molecule has 4 nitrogen and oxygen atoms in total. The molecule has 2 aromatic rings. The lowest BCUT2D eigenvalue weighted by Crippen LogP contribution is -2.35. The number of nitrogens with one attached hydrogen (secondary N) is 1. The van der Waals surface area contributed by atoms with Crippen molar-refractivity contribution in [2.45, 2.75) is 33.0 Å². The minimum absolute atomic E-state index is 0.117. The van der Waals surface area contributed by atoms with Crippen LogP contribution in [0.15, 0.2) is 48.5 Å². The molecule has 24 heavy (non-hydrogen) atoms. The topological polar surface area (TPSA) is 41.6 Å². The van der Waals surface area contributed by atoms with Crippen LogP contribution in [-0.4, -0.2) is 31.0 Å². The van der Waals surface area contributed by atoms with Crippen LogP contribution in [0.25, 0.3) is 0 Å². The third-order valence-electron chi connectivity index (χ3n) is 3.66. The number of benzene rings is 2. The van der Waals surface area contributed by atoms with Gasteiger partial charge in [0, 0.05) is 13.1 Å². The van der Waals surface area contributed by atoms with E-state index in [2.05, 4.69) is 22.3 Å². The molecule has 0 saturated carbocycles. The fourth-order valence-electron chi connectivity index (χ4n) is 2.41. The van der Waals surface area contributed by atoms with Crippen molar-refractivity contribution >= 4 is 5.91 Å². The highest BCUT2D eigenvalue weighted by atomic mass is 16.5. The van der Waals surface area contributed by atoms with E-state index in [1.54, 1.807) is 6.92 Å². The lowest BCUT2D eigenvalue weighted by molar-refractivity contribution is -0.127. The summed E-state index contributed by atoms with van der Waals surface area (Å²) >= 11 is 0. The van der Waals surface area contributed by atoms with Crippen molar-refractivity contribution in [3.05, 3.63) is 65.2 Å². The maximum absolute atomic E-state index is 12.2. The molecule has 2 rings (SSSR count). The number of rotatable bonds is 7. The van der Waals surface area contributed by atoms with Crippen LogP contribution in [0.1, 0.15) is 23.6 Å². The van der Waals surface area contributed by atoms with Crippen molar-refractivity contribution in [3.63, 3.8) is 0 Å². The van der Waals surface area contributed by atoms with Crippen LogP contribution in [0.5, 0.6) is 5.75 Å². The summed E-state index contributed by atoms with van der Waals surface area (Å²) in [5.74, 6) is 0.597. The standard InChI is InChI=1S/C20H26N2O2/c1-15-6-5-7-19(12-15)24-16(2)20(23)21-13-17-8-10-18(11-9-17)14-22(3)4/h5-12,16H,13-14H2,1-4H3,(H,21,23)/t16-/m1/s1. The Morgan fingerprint density at radius 1 is 1.12 bits per heavy atom. The van der Waals surface area contributed by atoms with Crippen molar-refractivity contribution in [3.8, 4) is 5.75 Å². The normalized spacial score (nSPS) is 12.0. The zero-order valence-corrected chi connectivity index (χ0v) is 14.9. The molecule has 128 valence electrons. The van der Waals surface area contributed by atoms with E-state index in [1.165, 1.54) is 5.56 Å². The van der Waals surface area contributed by atoms with Gasteiger partial charge < -0.3 is 15.0 Å². The van der Waals surface area contributed by atoms with E-state index >= 15 is 0 Å². The van der Waals surface area contributed by atoms with Gasteiger partial charge in [-0.05, 0) is 56.8 Å². The van der Waals surface area contributed by atoms with Gasteiger partial charge >= 0.3 is 0 Å². The molecule has 0 aliphatic heterocycles. The van der Waals surface area contributed by atoms with Gasteiger partial charge in [-0.3, -0.25) is 4.79 Å². The molecular formula is C20H26N2O2. The predicted octanol–water partition coefficient (Wildman–Crippen LogP) is 3.14. The third kappa shape index (κ3) is 5.70. The number of carbonyl (C=O) groups excluding carboxylic acids is 1. The van der Waals surface area contributed by atoms with Gasteiger partial charge in [-0.1, -0.05) is 36.4 Å². The van der Waals surface area contributed by atoms with Crippen molar-refractivity contribution in [1.82, 2.24) is 10.2 Å². The third-order valence-corrected chi connectivity index (χ3v) is 3.66. The minimum atomic E-state index is -0.528. The highest BCUT2D eigenvalue weighted by molar-refractivity contribution is 5.80. The van der Waals surface area contributed by atoms with E-state index in [1.807, 2.05) is 57.4 Å². The number of hydrogen-bond acceptors (Lipinski definition) is 3. The Kier molecular flexibility index (Phi) is 6.38. The van der Waals surface area contributed by atoms with E-state index in [0.29, 0.717) is 12.3 Å². The number of hydrogen-bond donors (Lipinski definition) is 1. The van der Waals surface area contributed by atoms with Crippen LogP contribution in [0.4, 0.5) is 0 Å². The fraction of sp³-hybridized carbons (Fsp3) is 0.350. The molecule has 0 aromatic heterocycles. The summed E-state index contributed by atoms with van der Waals surface area (Å²) in [6.07, 6.45) is -0.528. The molecule has 0 aliphatic carbocycles. The largest absolute Gasteiger partial charge is 0.481 e. The summed E-state index contributed by atoms with van der Waals surface area (Å²) in [5, 5.41) is 2.92. The Morgan fingerprint density at radius 2 is 1.79 bits per heavy atom. The second kappa shape index (κ2) is 8.50. The first-order valence-corrected chi connectivity index (χ1v) is 8.17. The number of carbonyl (C=O) groups is 1. The molecule has 0 fully saturated rings. The quantitative estimate of drug-likeness (QED) is 0.850. The second-order valence-electron chi connectivity index (χ2n) is 6.35.